The molecule has 4 aromatic rings. The minimum absolute atomic E-state index is 1.04. The number of hydrogen-bond donors (Lipinski definition) is 0. The van der Waals surface area contributed by atoms with Crippen molar-refractivity contribution in [1.82, 2.24) is 0 Å². The van der Waals surface area contributed by atoms with Gasteiger partial charge in [0.25, 0.3) is 0 Å². The molecule has 0 unspecified atom stereocenters. The van der Waals surface area contributed by atoms with E-state index in [2.05, 4.69) is 130 Å². The number of hydrogen-bond acceptors (Lipinski definition) is 0. The Kier molecular flexibility index (Phi) is 7.94. The summed E-state index contributed by atoms with van der Waals surface area (Å²) in [7, 11) is 0. The smallest absolute Gasteiger partial charge is 0.0172 e. The first-order chi connectivity index (χ1) is 16.6. The van der Waals surface area contributed by atoms with E-state index in [9.17, 15) is 0 Å². The van der Waals surface area contributed by atoms with Gasteiger partial charge in [-0.15, -0.1) is 0 Å². The molecule has 0 aromatic heterocycles. The maximum atomic E-state index is 4.20. The van der Waals surface area contributed by atoms with E-state index in [-0.39, 0.29) is 0 Å². The summed E-state index contributed by atoms with van der Waals surface area (Å²) in [6.07, 6.45) is 8.58. The Balaban J connectivity index is 1.38. The highest BCUT2D eigenvalue weighted by Gasteiger charge is 2.07. The molecule has 0 bridgehead atoms. The van der Waals surface area contributed by atoms with E-state index in [0.717, 1.165) is 31.3 Å². The lowest BCUT2D eigenvalue weighted by Crippen LogP contribution is -1.99. The van der Waals surface area contributed by atoms with Gasteiger partial charge in [-0.3, -0.25) is 0 Å². The van der Waals surface area contributed by atoms with Crippen molar-refractivity contribution in [3.05, 3.63) is 148 Å². The van der Waals surface area contributed by atoms with E-state index in [1.807, 2.05) is 0 Å². The highest BCUT2D eigenvalue weighted by molar-refractivity contribution is 5.70. The Morgan fingerprint density at radius 1 is 0.618 bits per heavy atom. The van der Waals surface area contributed by atoms with Gasteiger partial charge in [-0.1, -0.05) is 121 Å². The molecule has 0 nitrogen and oxygen atoms in total. The van der Waals surface area contributed by atoms with Gasteiger partial charge in [0.2, 0.25) is 0 Å². The Labute approximate surface area is 205 Å². The summed E-state index contributed by atoms with van der Waals surface area (Å²) in [4.78, 5) is 0. The molecule has 4 rings (SSSR count). The number of allylic oxidation sites excluding steroid dienone is 1. The predicted octanol–water partition coefficient (Wildman–Crippen LogP) is 8.77. The molecule has 0 aliphatic heterocycles. The molecule has 0 heterocycles. The van der Waals surface area contributed by atoms with Gasteiger partial charge in [-0.05, 0) is 84.0 Å². The van der Waals surface area contributed by atoms with Crippen LogP contribution in [0.4, 0.5) is 0 Å². The monoisotopic (exact) mass is 442 g/mol. The van der Waals surface area contributed by atoms with Crippen LogP contribution in [-0.4, -0.2) is 0 Å². The molecule has 170 valence electrons. The Bertz CT molecular complexity index is 1270. The van der Waals surface area contributed by atoms with Gasteiger partial charge in [0.05, 0.1) is 0 Å². The van der Waals surface area contributed by atoms with Crippen LogP contribution in [0.5, 0.6) is 0 Å². The van der Waals surface area contributed by atoms with Crippen LogP contribution in [0.2, 0.25) is 0 Å². The third-order valence-corrected chi connectivity index (χ3v) is 6.38. The minimum Gasteiger partial charge on any atom is -0.0955 e. The second-order valence-electron chi connectivity index (χ2n) is 9.20. The van der Waals surface area contributed by atoms with E-state index >= 15 is 0 Å². The SMILES string of the molecule is C=C(C)c1c(C)cccc1CCc1cccc(CCc2cccc(/C=C\c3ccccc3)c2)c1. The summed E-state index contributed by atoms with van der Waals surface area (Å²) in [6, 6.07) is 35.0. The van der Waals surface area contributed by atoms with Crippen molar-refractivity contribution in [2.75, 3.05) is 0 Å². The van der Waals surface area contributed by atoms with E-state index in [1.165, 1.54) is 44.5 Å². The lowest BCUT2D eigenvalue weighted by atomic mass is 9.92. The molecule has 0 fully saturated rings. The Morgan fingerprint density at radius 3 is 1.88 bits per heavy atom. The summed E-state index contributed by atoms with van der Waals surface area (Å²) >= 11 is 0. The van der Waals surface area contributed by atoms with Crippen molar-refractivity contribution in [2.45, 2.75) is 39.5 Å². The van der Waals surface area contributed by atoms with Gasteiger partial charge in [-0.2, -0.15) is 0 Å². The fourth-order valence-corrected chi connectivity index (χ4v) is 4.66. The molecule has 0 atom stereocenters. The number of benzene rings is 4. The molecule has 0 radical (unpaired) electrons. The normalized spacial score (nSPS) is 11.1. The average molecular weight is 443 g/mol. The van der Waals surface area contributed by atoms with Gasteiger partial charge >= 0.3 is 0 Å². The number of aryl methyl sites for hydroxylation is 5. The zero-order chi connectivity index (χ0) is 23.8. The van der Waals surface area contributed by atoms with Gasteiger partial charge in [-0.25, -0.2) is 0 Å². The first kappa shape index (κ1) is 23.5. The van der Waals surface area contributed by atoms with Crippen molar-refractivity contribution < 1.29 is 0 Å². The molecule has 0 saturated carbocycles. The maximum absolute atomic E-state index is 4.20. The summed E-state index contributed by atoms with van der Waals surface area (Å²) in [5, 5.41) is 0. The standard InChI is InChI=1S/C34H34/c1-26(2)34-27(3)10-7-17-33(34)23-22-32-16-9-15-31(25-32)21-20-30-14-8-13-29(24-30)19-18-28-11-5-4-6-12-28/h4-19,24-25H,1,20-23H2,2-3H3/b19-18-. The van der Waals surface area contributed by atoms with Crippen molar-refractivity contribution in [3.8, 4) is 0 Å². The Morgan fingerprint density at radius 2 is 1.18 bits per heavy atom. The molecule has 0 heteroatoms. The molecule has 0 aliphatic carbocycles. The van der Waals surface area contributed by atoms with Crippen LogP contribution in [-0.2, 0) is 25.7 Å². The van der Waals surface area contributed by atoms with Crippen LogP contribution in [0, 0.1) is 6.92 Å². The first-order valence-electron chi connectivity index (χ1n) is 12.2. The molecule has 0 amide bonds. The highest BCUT2D eigenvalue weighted by Crippen LogP contribution is 2.23. The van der Waals surface area contributed by atoms with Crippen molar-refractivity contribution >= 4 is 17.7 Å². The van der Waals surface area contributed by atoms with Crippen molar-refractivity contribution in [1.29, 1.82) is 0 Å². The molecule has 0 aliphatic rings. The fraction of sp³-hybridized carbons (Fsp3) is 0.176. The van der Waals surface area contributed by atoms with Crippen molar-refractivity contribution in [3.63, 3.8) is 0 Å². The number of rotatable bonds is 9. The van der Waals surface area contributed by atoms with Crippen LogP contribution in [0.3, 0.4) is 0 Å². The third-order valence-electron chi connectivity index (χ3n) is 6.38. The quantitative estimate of drug-likeness (QED) is 0.227. The lowest BCUT2D eigenvalue weighted by Gasteiger charge is -2.13. The predicted molar refractivity (Wildman–Crippen MR) is 149 cm³/mol. The van der Waals surface area contributed by atoms with Gasteiger partial charge < -0.3 is 0 Å². The molecule has 34 heavy (non-hydrogen) atoms. The molecule has 0 saturated heterocycles. The third kappa shape index (κ3) is 6.45. The lowest BCUT2D eigenvalue weighted by molar-refractivity contribution is 0.927. The van der Waals surface area contributed by atoms with Gasteiger partial charge in [0, 0.05) is 0 Å². The summed E-state index contributed by atoms with van der Waals surface area (Å²) in [6.45, 7) is 8.49. The van der Waals surface area contributed by atoms with Gasteiger partial charge in [0.15, 0.2) is 0 Å². The summed E-state index contributed by atoms with van der Waals surface area (Å²) in [5.41, 5.74) is 11.9. The van der Waals surface area contributed by atoms with Crippen LogP contribution in [0.25, 0.3) is 17.7 Å². The van der Waals surface area contributed by atoms with E-state index in [4.69, 9.17) is 0 Å². The van der Waals surface area contributed by atoms with E-state index in [1.54, 1.807) is 0 Å². The van der Waals surface area contributed by atoms with Crippen LogP contribution in [0.15, 0.2) is 104 Å². The highest BCUT2D eigenvalue weighted by atomic mass is 14.1. The first-order valence-corrected chi connectivity index (χ1v) is 12.2. The summed E-state index contributed by atoms with van der Waals surface area (Å²) in [5.74, 6) is 0. The van der Waals surface area contributed by atoms with Crippen LogP contribution < -0.4 is 0 Å². The maximum Gasteiger partial charge on any atom is -0.0172 e. The molecule has 0 spiro atoms. The zero-order valence-corrected chi connectivity index (χ0v) is 20.4. The van der Waals surface area contributed by atoms with Crippen molar-refractivity contribution in [2.24, 2.45) is 0 Å². The van der Waals surface area contributed by atoms with E-state index < -0.39 is 0 Å². The Hall–Kier alpha value is -3.64. The van der Waals surface area contributed by atoms with E-state index in [0.29, 0.717) is 0 Å². The second-order valence-corrected chi connectivity index (χ2v) is 9.20. The average Bonchev–Trinajstić information content (AvgIpc) is 2.86. The largest absolute Gasteiger partial charge is 0.0955 e. The molecule has 4 aromatic carbocycles. The molecular formula is C34H34. The summed E-state index contributed by atoms with van der Waals surface area (Å²) < 4.78 is 0. The zero-order valence-electron chi connectivity index (χ0n) is 20.4. The second kappa shape index (κ2) is 11.5. The van der Waals surface area contributed by atoms with Crippen LogP contribution in [0.1, 0.15) is 51.4 Å². The molecule has 0 N–H and O–H groups in total. The topological polar surface area (TPSA) is 0 Å². The minimum atomic E-state index is 1.04. The molecular weight excluding hydrogens is 408 g/mol. The fourth-order valence-electron chi connectivity index (χ4n) is 4.66. The van der Waals surface area contributed by atoms with Crippen LogP contribution >= 0.6 is 0 Å². The van der Waals surface area contributed by atoms with Gasteiger partial charge in [0.1, 0.15) is 0 Å².